The van der Waals surface area contributed by atoms with Gasteiger partial charge in [0.1, 0.15) is 5.75 Å². The van der Waals surface area contributed by atoms with Crippen LogP contribution in [-0.4, -0.2) is 12.2 Å². The number of benzene rings is 3. The topological polar surface area (TPSA) is 34.3 Å². The number of aryl methyl sites for hydroxylation is 1. The van der Waals surface area contributed by atoms with Gasteiger partial charge >= 0.3 is 28.7 Å². The van der Waals surface area contributed by atoms with Crippen molar-refractivity contribution >= 4 is 28.5 Å². The fourth-order valence-corrected chi connectivity index (χ4v) is 4.14. The predicted molar refractivity (Wildman–Crippen MR) is 111 cm³/mol. The van der Waals surface area contributed by atoms with E-state index in [9.17, 15) is 5.11 Å². The summed E-state index contributed by atoms with van der Waals surface area (Å²) in [7, 11) is 6.89. The van der Waals surface area contributed by atoms with Crippen LogP contribution in [0.4, 0.5) is 0 Å². The van der Waals surface area contributed by atoms with E-state index in [2.05, 4.69) is 39.7 Å². The van der Waals surface area contributed by atoms with E-state index in [0.717, 1.165) is 16.4 Å². The van der Waals surface area contributed by atoms with Crippen molar-refractivity contribution in [2.45, 2.75) is 13.5 Å². The molecule has 2 nitrogen and oxygen atoms in total. The molecule has 0 bridgehead atoms. The first-order valence-corrected chi connectivity index (χ1v) is 11.3. The summed E-state index contributed by atoms with van der Waals surface area (Å²) in [5, 5.41) is 17.3. The molecule has 26 heavy (non-hydrogen) atoms. The van der Waals surface area contributed by atoms with Gasteiger partial charge in [0.25, 0.3) is 0 Å². The van der Waals surface area contributed by atoms with Crippen LogP contribution in [0.3, 0.4) is 0 Å². The fourth-order valence-electron chi connectivity index (χ4n) is 2.84. The van der Waals surface area contributed by atoms with Crippen LogP contribution in [0.2, 0.25) is 0 Å². The van der Waals surface area contributed by atoms with E-state index >= 15 is 0 Å². The zero-order valence-electron chi connectivity index (χ0n) is 14.8. The van der Waals surface area contributed by atoms with Gasteiger partial charge < -0.3 is 10.4 Å². The van der Waals surface area contributed by atoms with Gasteiger partial charge in [-0.3, -0.25) is 0 Å². The molecule has 0 radical (unpaired) electrons. The van der Waals surface area contributed by atoms with Gasteiger partial charge in [0.15, 0.2) is 0 Å². The van der Waals surface area contributed by atoms with Crippen molar-refractivity contribution in [3.05, 3.63) is 83.2 Å². The molecule has 1 N–H and O–H groups in total. The molecule has 1 atom stereocenters. The zero-order valence-corrected chi connectivity index (χ0v) is 18.1. The van der Waals surface area contributed by atoms with E-state index in [-0.39, 0.29) is 0 Å². The van der Waals surface area contributed by atoms with Crippen LogP contribution in [0.15, 0.2) is 66.7 Å². The number of aromatic hydroxyl groups is 1. The zero-order chi connectivity index (χ0) is 18.9. The van der Waals surface area contributed by atoms with Gasteiger partial charge in [0.2, 0.25) is 0 Å². The summed E-state index contributed by atoms with van der Waals surface area (Å²) < 4.78 is 0. The van der Waals surface area contributed by atoms with Crippen molar-refractivity contribution in [2.24, 2.45) is 0 Å². The fraction of sp³-hybridized carbons (Fsp3) is 0.143. The molecule has 0 saturated carbocycles. The normalized spacial score (nSPS) is 10.5. The average molecular weight is 418 g/mol. The molecule has 5 heteroatoms. The van der Waals surface area contributed by atoms with Gasteiger partial charge in [-0.15, -0.1) is 6.54 Å². The van der Waals surface area contributed by atoms with E-state index in [0.29, 0.717) is 20.9 Å². The third kappa shape index (κ3) is 5.19. The Morgan fingerprint density at radius 2 is 1.65 bits per heavy atom. The summed E-state index contributed by atoms with van der Waals surface area (Å²) in [6, 6.07) is 22.3. The number of halogens is 1. The maximum absolute atomic E-state index is 10.8. The van der Waals surface area contributed by atoms with Gasteiger partial charge in [-0.1, -0.05) is 80.9 Å². The molecule has 1 unspecified atom stereocenters. The monoisotopic (exact) mass is 417 g/mol. The summed E-state index contributed by atoms with van der Waals surface area (Å²) in [4.78, 5) is 0. The Hall–Kier alpha value is -1.15. The van der Waals surface area contributed by atoms with Gasteiger partial charge in [-0.2, -0.15) is 7.05 Å². The summed E-state index contributed by atoms with van der Waals surface area (Å²) in [6.45, 7) is 2.84. The van der Waals surface area contributed by atoms with Gasteiger partial charge in [0, 0.05) is 10.9 Å². The molecule has 0 aliphatic rings. The number of para-hydroxylation sites is 1. The predicted octanol–water partition coefficient (Wildman–Crippen LogP) is 5.19. The average Bonchev–Trinajstić information content (AvgIpc) is 2.68. The van der Waals surface area contributed by atoms with E-state index in [4.69, 9.17) is 0 Å². The van der Waals surface area contributed by atoms with Crippen molar-refractivity contribution in [3.63, 3.8) is 0 Å². The Morgan fingerprint density at radius 3 is 2.35 bits per heavy atom. The van der Waals surface area contributed by atoms with Crippen LogP contribution in [0, 0.1) is 6.92 Å². The van der Waals surface area contributed by atoms with Crippen LogP contribution in [0.1, 0.15) is 11.1 Å². The van der Waals surface area contributed by atoms with Crippen molar-refractivity contribution < 1.29 is 24.5 Å². The van der Waals surface area contributed by atoms with Gasteiger partial charge in [-0.25, -0.2) is 0 Å². The Bertz CT molecular complexity index is 843. The third-order valence-electron chi connectivity index (χ3n) is 4.07. The van der Waals surface area contributed by atoms with E-state index in [1.165, 1.54) is 35.8 Å². The van der Waals surface area contributed by atoms with Crippen LogP contribution in [-0.2, 0) is 25.9 Å². The molecular weight excluding hydrogens is 397 g/mol. The van der Waals surface area contributed by atoms with Crippen LogP contribution in [0.25, 0.3) is 16.4 Å². The van der Waals surface area contributed by atoms with E-state index < -0.39 is 0 Å². The van der Waals surface area contributed by atoms with E-state index in [1.807, 2.05) is 55.6 Å². The SMILES string of the molecule is C[N-]Cc1cccc(C)c1Pc1cccc(-c2ccccc2)c1O.[Cl][Ti+]. The molecule has 0 aromatic heterocycles. The number of phenols is 1. The van der Waals surface area contributed by atoms with E-state index in [1.54, 1.807) is 0 Å². The van der Waals surface area contributed by atoms with Crippen molar-refractivity contribution in [1.29, 1.82) is 0 Å². The molecule has 3 aromatic carbocycles. The molecule has 0 saturated heterocycles. The van der Waals surface area contributed by atoms with Crippen molar-refractivity contribution in [1.82, 2.24) is 0 Å². The molecule has 0 heterocycles. The molecule has 0 fully saturated rings. The summed E-state index contributed by atoms with van der Waals surface area (Å²) in [5.74, 6) is 0.379. The summed E-state index contributed by atoms with van der Waals surface area (Å²) in [6.07, 6.45) is 0. The molecule has 0 amide bonds. The molecule has 0 spiro atoms. The molecular formula is C21H21ClNOPTi. The first kappa shape index (κ1) is 21.2. The van der Waals surface area contributed by atoms with Crippen LogP contribution >= 0.6 is 17.9 Å². The number of hydrogen-bond acceptors (Lipinski definition) is 1. The molecule has 132 valence electrons. The number of phenolic OH excluding ortho intramolecular Hbond substituents is 1. The number of nitrogens with zero attached hydrogens (tertiary/aromatic N) is 1. The minimum atomic E-state index is 0.379. The number of rotatable bonds is 5. The first-order chi connectivity index (χ1) is 12.7. The van der Waals surface area contributed by atoms with Crippen molar-refractivity contribution in [2.75, 3.05) is 7.05 Å². The molecule has 3 rings (SSSR count). The quantitative estimate of drug-likeness (QED) is 0.450. The van der Waals surface area contributed by atoms with Crippen LogP contribution in [0.5, 0.6) is 5.75 Å². The Kier molecular flexibility index (Phi) is 8.85. The van der Waals surface area contributed by atoms with Crippen molar-refractivity contribution in [3.8, 4) is 16.9 Å². The Labute approximate surface area is 173 Å². The maximum atomic E-state index is 10.8. The molecule has 0 aliphatic carbocycles. The standard InChI is InChI=1S/C21H21NOP.ClH.Ti/c1-15-8-6-11-17(14-22-2)21(15)24-19-13-7-12-18(20(19)23)16-9-4-3-5-10-16;;/h3-13,23-24H,14H2,1-2H3;1H;/q-1;;+2/p-1. The van der Waals surface area contributed by atoms with Crippen LogP contribution < -0.4 is 10.6 Å². The Morgan fingerprint density at radius 1 is 0.962 bits per heavy atom. The van der Waals surface area contributed by atoms with Gasteiger partial charge in [-0.05, 0) is 23.4 Å². The first-order valence-electron chi connectivity index (χ1n) is 8.18. The second-order valence-corrected chi connectivity index (χ2v) is 7.06. The second kappa shape index (κ2) is 10.9. The Balaban J connectivity index is 0.00000117. The minimum absolute atomic E-state index is 0.379. The summed E-state index contributed by atoms with van der Waals surface area (Å²) in [5.41, 5.74) is 4.41. The molecule has 0 aliphatic heterocycles. The summed E-state index contributed by atoms with van der Waals surface area (Å²) >= 11 is 1.47. The third-order valence-corrected chi connectivity index (χ3v) is 5.71. The second-order valence-electron chi connectivity index (χ2n) is 5.78. The molecule has 3 aromatic rings. The van der Waals surface area contributed by atoms with Gasteiger partial charge in [0.05, 0.1) is 0 Å². The number of hydrogen-bond donors (Lipinski definition) is 1.